The van der Waals surface area contributed by atoms with Crippen molar-refractivity contribution in [1.29, 1.82) is 0 Å². The first-order valence-corrected chi connectivity index (χ1v) is 3.87. The van der Waals surface area contributed by atoms with E-state index < -0.39 is 0 Å². The van der Waals surface area contributed by atoms with Crippen molar-refractivity contribution in [2.24, 2.45) is 11.8 Å². The number of fused-ring (bicyclic) bond motifs is 1. The molecule has 0 aliphatic heterocycles. The lowest BCUT2D eigenvalue weighted by molar-refractivity contribution is -0.114. The smallest absolute Gasteiger partial charge is 0.162 e. The van der Waals surface area contributed by atoms with E-state index in [0.717, 1.165) is 12.7 Å². The molecule has 0 heterocycles. The van der Waals surface area contributed by atoms with Gasteiger partial charge in [-0.3, -0.25) is 4.79 Å². The Hall–Kier alpha value is -1.05. The summed E-state index contributed by atoms with van der Waals surface area (Å²) in [7, 11) is 0. The van der Waals surface area contributed by atoms with E-state index in [-0.39, 0.29) is 11.7 Å². The topological polar surface area (TPSA) is 37.3 Å². The Morgan fingerprint density at radius 1 is 1.64 bits per heavy atom. The van der Waals surface area contributed by atoms with Gasteiger partial charge in [0.25, 0.3) is 0 Å². The van der Waals surface area contributed by atoms with Gasteiger partial charge in [-0.15, -0.1) is 0 Å². The maximum atomic E-state index is 11.2. The predicted molar refractivity (Wildman–Crippen MR) is 41.1 cm³/mol. The van der Waals surface area contributed by atoms with Crippen molar-refractivity contribution in [2.45, 2.75) is 12.8 Å². The highest BCUT2D eigenvalue weighted by Crippen LogP contribution is 2.40. The van der Waals surface area contributed by atoms with E-state index in [2.05, 4.69) is 6.08 Å². The van der Waals surface area contributed by atoms with Crippen LogP contribution in [0, 0.1) is 11.8 Å². The molecule has 1 fully saturated rings. The molecule has 0 aromatic heterocycles. The Morgan fingerprint density at radius 2 is 2.45 bits per heavy atom. The average Bonchev–Trinajstić information content (AvgIpc) is 2.46. The van der Waals surface area contributed by atoms with E-state index in [4.69, 9.17) is 5.11 Å². The zero-order chi connectivity index (χ0) is 7.84. The van der Waals surface area contributed by atoms with Crippen molar-refractivity contribution < 1.29 is 9.90 Å². The van der Waals surface area contributed by atoms with Gasteiger partial charge in [-0.05, 0) is 12.3 Å². The third kappa shape index (κ3) is 0.821. The lowest BCUT2D eigenvalue weighted by Crippen LogP contribution is -2.00. The number of hydrogen-bond donors (Lipinski definition) is 1. The Kier molecular flexibility index (Phi) is 1.34. The molecule has 2 rings (SSSR count). The number of carbonyl (C=O) groups is 1. The van der Waals surface area contributed by atoms with Gasteiger partial charge in [0.15, 0.2) is 5.78 Å². The first-order valence-electron chi connectivity index (χ1n) is 3.87. The Balaban J connectivity index is 2.33. The van der Waals surface area contributed by atoms with Crippen LogP contribution in [0.5, 0.6) is 0 Å². The summed E-state index contributed by atoms with van der Waals surface area (Å²) < 4.78 is 0. The average molecular weight is 150 g/mol. The monoisotopic (exact) mass is 150 g/mol. The molecule has 2 nitrogen and oxygen atoms in total. The zero-order valence-corrected chi connectivity index (χ0v) is 6.16. The highest BCUT2D eigenvalue weighted by atomic mass is 16.2. The maximum Gasteiger partial charge on any atom is 0.162 e. The molecule has 0 bridgehead atoms. The van der Waals surface area contributed by atoms with Crippen LogP contribution in [-0.2, 0) is 4.79 Å². The minimum atomic E-state index is 0.117. The van der Waals surface area contributed by atoms with Crippen LogP contribution < -0.4 is 0 Å². The van der Waals surface area contributed by atoms with Crippen LogP contribution in [0.3, 0.4) is 0 Å². The minimum Gasteiger partial charge on any atom is -0.515 e. The molecule has 1 N–H and O–H groups in total. The van der Waals surface area contributed by atoms with E-state index in [1.807, 2.05) is 6.08 Å². The lowest BCUT2D eigenvalue weighted by Gasteiger charge is -2.05. The summed E-state index contributed by atoms with van der Waals surface area (Å²) in [5.41, 5.74) is 0.601. The highest BCUT2D eigenvalue weighted by Gasteiger charge is 2.37. The largest absolute Gasteiger partial charge is 0.515 e. The summed E-state index contributed by atoms with van der Waals surface area (Å²) in [6, 6.07) is 0. The van der Waals surface area contributed by atoms with Crippen molar-refractivity contribution >= 4 is 5.78 Å². The Morgan fingerprint density at radius 3 is 3.18 bits per heavy atom. The van der Waals surface area contributed by atoms with E-state index in [1.165, 1.54) is 0 Å². The van der Waals surface area contributed by atoms with Gasteiger partial charge in [-0.1, -0.05) is 12.2 Å². The summed E-state index contributed by atoms with van der Waals surface area (Å²) in [4.78, 5) is 11.2. The van der Waals surface area contributed by atoms with E-state index in [0.29, 0.717) is 17.9 Å². The minimum absolute atomic E-state index is 0.117. The van der Waals surface area contributed by atoms with Crippen LogP contribution in [0.4, 0.5) is 0 Å². The number of allylic oxidation sites excluding steroid dienone is 3. The van der Waals surface area contributed by atoms with Crippen molar-refractivity contribution in [3.05, 3.63) is 24.0 Å². The number of ketones is 1. The molecule has 1 saturated carbocycles. The van der Waals surface area contributed by atoms with Crippen LogP contribution in [0.1, 0.15) is 12.8 Å². The molecule has 0 aromatic rings. The third-order valence-electron chi connectivity index (χ3n) is 2.56. The molecule has 58 valence electrons. The van der Waals surface area contributed by atoms with Crippen LogP contribution in [0.25, 0.3) is 0 Å². The molecule has 0 radical (unpaired) electrons. The second kappa shape index (κ2) is 2.22. The number of Topliss-reactive ketones (excluding diaryl/α,β-unsaturated/α-hetero) is 1. The molecule has 0 unspecified atom stereocenters. The lowest BCUT2D eigenvalue weighted by atomic mass is 9.98. The molecule has 0 amide bonds. The SMILES string of the molecule is O=C1C[C@H]2CC=C[C@H]2/C1=C/O. The van der Waals surface area contributed by atoms with Crippen molar-refractivity contribution in [3.8, 4) is 0 Å². The van der Waals surface area contributed by atoms with Gasteiger partial charge in [-0.25, -0.2) is 0 Å². The molecular formula is C9H10O2. The van der Waals surface area contributed by atoms with Gasteiger partial charge in [0, 0.05) is 17.9 Å². The van der Waals surface area contributed by atoms with Gasteiger partial charge in [0.1, 0.15) is 0 Å². The molecule has 2 heteroatoms. The van der Waals surface area contributed by atoms with Crippen LogP contribution in [-0.4, -0.2) is 10.9 Å². The van der Waals surface area contributed by atoms with E-state index in [9.17, 15) is 4.79 Å². The molecule has 2 aliphatic carbocycles. The Bertz CT molecular complexity index is 250. The second-order valence-electron chi connectivity index (χ2n) is 3.16. The number of carbonyl (C=O) groups excluding carboxylic acids is 1. The van der Waals surface area contributed by atoms with Gasteiger partial charge < -0.3 is 5.11 Å². The zero-order valence-electron chi connectivity index (χ0n) is 6.16. The molecule has 2 atom stereocenters. The van der Waals surface area contributed by atoms with Crippen LogP contribution >= 0.6 is 0 Å². The Labute approximate surface area is 65.2 Å². The van der Waals surface area contributed by atoms with Gasteiger partial charge in [0.2, 0.25) is 0 Å². The van der Waals surface area contributed by atoms with Crippen molar-refractivity contribution in [3.63, 3.8) is 0 Å². The molecule has 2 aliphatic rings. The van der Waals surface area contributed by atoms with Crippen molar-refractivity contribution in [1.82, 2.24) is 0 Å². The van der Waals surface area contributed by atoms with Gasteiger partial charge >= 0.3 is 0 Å². The van der Waals surface area contributed by atoms with E-state index >= 15 is 0 Å². The summed E-state index contributed by atoms with van der Waals surface area (Å²) in [6.07, 6.45) is 6.70. The normalized spacial score (nSPS) is 38.5. The highest BCUT2D eigenvalue weighted by molar-refractivity contribution is 5.98. The second-order valence-corrected chi connectivity index (χ2v) is 3.16. The molecule has 11 heavy (non-hydrogen) atoms. The fraction of sp³-hybridized carbons (Fsp3) is 0.444. The van der Waals surface area contributed by atoms with Crippen molar-refractivity contribution in [2.75, 3.05) is 0 Å². The molecule has 0 aromatic carbocycles. The quantitative estimate of drug-likeness (QED) is 0.323. The fourth-order valence-electron chi connectivity index (χ4n) is 1.97. The molecule has 0 spiro atoms. The number of hydrogen-bond acceptors (Lipinski definition) is 2. The molecule has 0 saturated heterocycles. The summed E-state index contributed by atoms with van der Waals surface area (Å²) in [5, 5.41) is 8.77. The first kappa shape index (κ1) is 6.65. The fourth-order valence-corrected chi connectivity index (χ4v) is 1.97. The predicted octanol–water partition coefficient (Wildman–Crippen LogP) is 1.59. The van der Waals surface area contributed by atoms with Crippen LogP contribution in [0.2, 0.25) is 0 Å². The summed E-state index contributed by atoms with van der Waals surface area (Å²) in [5.74, 6) is 0.778. The first-order chi connectivity index (χ1) is 5.33. The molecular weight excluding hydrogens is 140 g/mol. The number of aliphatic hydroxyl groups excluding tert-OH is 1. The van der Waals surface area contributed by atoms with Gasteiger partial charge in [-0.2, -0.15) is 0 Å². The van der Waals surface area contributed by atoms with Crippen LogP contribution in [0.15, 0.2) is 24.0 Å². The summed E-state index contributed by atoms with van der Waals surface area (Å²) in [6.45, 7) is 0. The van der Waals surface area contributed by atoms with Gasteiger partial charge in [0.05, 0.1) is 6.26 Å². The third-order valence-corrected chi connectivity index (χ3v) is 2.56. The maximum absolute atomic E-state index is 11.2. The summed E-state index contributed by atoms with van der Waals surface area (Å²) >= 11 is 0. The number of rotatable bonds is 0. The van der Waals surface area contributed by atoms with E-state index in [1.54, 1.807) is 0 Å². The standard InChI is InChI=1S/C9H10O2/c10-5-8-7-3-1-2-6(7)4-9(8)11/h1,3,5-7,10H,2,4H2/b8-5-/t6-,7-/m1/s1. The number of aliphatic hydroxyl groups is 1.